The number of benzene rings is 2. The third-order valence-electron chi connectivity index (χ3n) is 4.17. The lowest BCUT2D eigenvalue weighted by molar-refractivity contribution is 0.0691. The molecule has 0 spiro atoms. The molecule has 3 rings (SSSR count). The Bertz CT molecular complexity index is 1060. The number of hydrogen-bond acceptors (Lipinski definition) is 5. The van der Waals surface area contributed by atoms with Gasteiger partial charge in [-0.05, 0) is 49.4 Å². The molecule has 2 aromatic carbocycles. The van der Waals surface area contributed by atoms with Crippen LogP contribution in [0.1, 0.15) is 27.8 Å². The number of carbonyl (C=O) groups excluding carboxylic acids is 1. The molecule has 8 heteroatoms. The third kappa shape index (κ3) is 5.03. The monoisotopic (exact) mass is 413 g/mol. The molecular formula is C22H20FNO6. The second kappa shape index (κ2) is 9.23. The van der Waals surface area contributed by atoms with E-state index in [1.54, 1.807) is 31.4 Å². The molecule has 0 radical (unpaired) electrons. The van der Waals surface area contributed by atoms with Crippen LogP contribution in [-0.4, -0.2) is 42.2 Å². The molecule has 0 bridgehead atoms. The summed E-state index contributed by atoms with van der Waals surface area (Å²) in [7, 11) is 1.56. The molecule has 0 amide bonds. The van der Waals surface area contributed by atoms with Crippen LogP contribution in [0.15, 0.2) is 48.5 Å². The van der Waals surface area contributed by atoms with E-state index in [0.29, 0.717) is 29.9 Å². The van der Waals surface area contributed by atoms with Crippen LogP contribution < -0.4 is 9.47 Å². The van der Waals surface area contributed by atoms with Gasteiger partial charge in [-0.1, -0.05) is 0 Å². The van der Waals surface area contributed by atoms with Crippen LogP contribution in [0.4, 0.5) is 4.39 Å². The maximum atomic E-state index is 14.2. The minimum atomic E-state index is -1.09. The van der Waals surface area contributed by atoms with Crippen molar-refractivity contribution in [2.24, 2.45) is 0 Å². The lowest BCUT2D eigenvalue weighted by atomic mass is 10.1. The quantitative estimate of drug-likeness (QED) is 0.500. The highest BCUT2D eigenvalue weighted by atomic mass is 19.1. The van der Waals surface area contributed by atoms with Crippen LogP contribution in [0.2, 0.25) is 0 Å². The molecule has 0 unspecified atom stereocenters. The molecule has 0 fully saturated rings. The lowest BCUT2D eigenvalue weighted by Crippen LogP contribution is -2.17. The van der Waals surface area contributed by atoms with Gasteiger partial charge in [0.2, 0.25) is 0 Å². The van der Waals surface area contributed by atoms with Crippen molar-refractivity contribution < 1.29 is 33.3 Å². The van der Waals surface area contributed by atoms with Crippen LogP contribution in [0, 0.1) is 5.82 Å². The van der Waals surface area contributed by atoms with E-state index in [-0.39, 0.29) is 28.9 Å². The normalized spacial score (nSPS) is 11.7. The Kier molecular flexibility index (Phi) is 6.48. The number of aldehydes is 1. The van der Waals surface area contributed by atoms with Crippen molar-refractivity contribution in [1.29, 1.82) is 0 Å². The van der Waals surface area contributed by atoms with Crippen molar-refractivity contribution in [2.45, 2.75) is 13.0 Å². The standard InChI is InChI=1S/C22H20FNO6/c1-13(12-28-2)29-16-8-15(19-4-5-20(24-19)22(26)27)9-17(10-16)30-21-6-3-14(11-25)7-18(21)23/h3-11,13,24H,12H2,1-2H3,(H,26,27)/t13-/m0/s1. The summed E-state index contributed by atoms with van der Waals surface area (Å²) in [6, 6.07) is 11.9. The Labute approximate surface area is 172 Å². The zero-order chi connectivity index (χ0) is 21.7. The molecule has 3 aromatic rings. The van der Waals surface area contributed by atoms with E-state index in [0.717, 1.165) is 6.07 Å². The lowest BCUT2D eigenvalue weighted by Gasteiger charge is -2.16. The number of methoxy groups -OCH3 is 1. The smallest absolute Gasteiger partial charge is 0.352 e. The minimum absolute atomic E-state index is 0.0297. The first-order valence-corrected chi connectivity index (χ1v) is 9.05. The van der Waals surface area contributed by atoms with Gasteiger partial charge in [0.25, 0.3) is 0 Å². The van der Waals surface area contributed by atoms with Gasteiger partial charge in [0.05, 0.1) is 6.61 Å². The molecule has 0 saturated heterocycles. The molecule has 0 aliphatic carbocycles. The Morgan fingerprint density at radius 2 is 1.93 bits per heavy atom. The number of nitrogens with one attached hydrogen (secondary N) is 1. The summed E-state index contributed by atoms with van der Waals surface area (Å²) in [6.07, 6.45) is 0.280. The highest BCUT2D eigenvalue weighted by Gasteiger charge is 2.14. The molecule has 7 nitrogen and oxygen atoms in total. The van der Waals surface area contributed by atoms with Gasteiger partial charge in [-0.2, -0.15) is 0 Å². The number of carboxylic acid groups (broad SMARTS) is 1. The average Bonchev–Trinajstić information content (AvgIpc) is 3.20. The first-order valence-electron chi connectivity index (χ1n) is 9.05. The number of aromatic carboxylic acids is 1. The van der Waals surface area contributed by atoms with Crippen molar-refractivity contribution in [2.75, 3.05) is 13.7 Å². The van der Waals surface area contributed by atoms with Crippen molar-refractivity contribution in [3.63, 3.8) is 0 Å². The summed E-state index contributed by atoms with van der Waals surface area (Å²) in [5.41, 5.74) is 1.34. The van der Waals surface area contributed by atoms with E-state index in [1.165, 1.54) is 18.2 Å². The van der Waals surface area contributed by atoms with Gasteiger partial charge in [0.15, 0.2) is 11.6 Å². The van der Waals surface area contributed by atoms with E-state index >= 15 is 0 Å². The average molecular weight is 413 g/mol. The third-order valence-corrected chi connectivity index (χ3v) is 4.17. The number of aromatic amines is 1. The summed E-state index contributed by atoms with van der Waals surface area (Å²) in [5, 5.41) is 9.14. The highest BCUT2D eigenvalue weighted by Crippen LogP contribution is 2.33. The molecular weight excluding hydrogens is 393 g/mol. The van der Waals surface area contributed by atoms with Crippen LogP contribution in [0.5, 0.6) is 17.2 Å². The Hall–Kier alpha value is -3.65. The Balaban J connectivity index is 1.98. The molecule has 156 valence electrons. The van der Waals surface area contributed by atoms with Gasteiger partial charge >= 0.3 is 5.97 Å². The molecule has 0 aliphatic heterocycles. The highest BCUT2D eigenvalue weighted by molar-refractivity contribution is 5.87. The molecule has 0 aliphatic rings. The van der Waals surface area contributed by atoms with Crippen LogP contribution in [0.3, 0.4) is 0 Å². The van der Waals surface area contributed by atoms with Gasteiger partial charge in [0.1, 0.15) is 29.6 Å². The summed E-state index contributed by atoms with van der Waals surface area (Å²) < 4.78 is 30.8. The van der Waals surface area contributed by atoms with Gasteiger partial charge < -0.3 is 24.3 Å². The van der Waals surface area contributed by atoms with E-state index in [1.807, 2.05) is 6.92 Å². The minimum Gasteiger partial charge on any atom is -0.488 e. The maximum absolute atomic E-state index is 14.2. The van der Waals surface area contributed by atoms with Gasteiger partial charge in [-0.3, -0.25) is 4.79 Å². The maximum Gasteiger partial charge on any atom is 0.352 e. The van der Waals surface area contributed by atoms with E-state index in [9.17, 15) is 14.0 Å². The fourth-order valence-corrected chi connectivity index (χ4v) is 2.84. The number of carboxylic acids is 1. The topological polar surface area (TPSA) is 97.8 Å². The number of aromatic nitrogens is 1. The molecule has 1 heterocycles. The van der Waals surface area contributed by atoms with Gasteiger partial charge in [-0.25, -0.2) is 9.18 Å². The first kappa shape index (κ1) is 21.1. The number of rotatable bonds is 9. The van der Waals surface area contributed by atoms with Crippen LogP contribution >= 0.6 is 0 Å². The predicted octanol–water partition coefficient (Wildman–Crippen LogP) is 4.54. The van der Waals surface area contributed by atoms with Gasteiger partial charge in [-0.15, -0.1) is 0 Å². The van der Waals surface area contributed by atoms with E-state index in [2.05, 4.69) is 4.98 Å². The summed E-state index contributed by atoms with van der Waals surface area (Å²) in [6.45, 7) is 2.18. The zero-order valence-electron chi connectivity index (χ0n) is 16.3. The number of ether oxygens (including phenoxy) is 3. The number of carbonyl (C=O) groups is 2. The number of H-pyrrole nitrogens is 1. The van der Waals surface area contributed by atoms with Crippen molar-refractivity contribution in [3.8, 4) is 28.5 Å². The number of hydrogen-bond donors (Lipinski definition) is 2. The van der Waals surface area contributed by atoms with Crippen LogP contribution in [0.25, 0.3) is 11.3 Å². The second-order valence-corrected chi connectivity index (χ2v) is 6.58. The fourth-order valence-electron chi connectivity index (χ4n) is 2.84. The molecule has 1 atom stereocenters. The fraction of sp³-hybridized carbons (Fsp3) is 0.182. The first-order chi connectivity index (χ1) is 14.4. The van der Waals surface area contributed by atoms with Crippen molar-refractivity contribution in [3.05, 3.63) is 65.6 Å². The SMILES string of the molecule is COC[C@H](C)Oc1cc(Oc2ccc(C=O)cc2F)cc(-c2ccc(C(=O)O)[nH]2)c1. The van der Waals surface area contributed by atoms with E-state index in [4.69, 9.17) is 19.3 Å². The molecule has 0 saturated carbocycles. The molecule has 30 heavy (non-hydrogen) atoms. The predicted molar refractivity (Wildman–Crippen MR) is 107 cm³/mol. The summed E-state index contributed by atoms with van der Waals surface area (Å²) >= 11 is 0. The molecule has 2 N–H and O–H groups in total. The van der Waals surface area contributed by atoms with Gasteiger partial charge in [0, 0.05) is 30.0 Å². The second-order valence-electron chi connectivity index (χ2n) is 6.58. The molecule has 1 aromatic heterocycles. The Morgan fingerprint density at radius 3 is 2.57 bits per heavy atom. The van der Waals surface area contributed by atoms with Crippen molar-refractivity contribution in [1.82, 2.24) is 4.98 Å². The van der Waals surface area contributed by atoms with Crippen molar-refractivity contribution >= 4 is 12.3 Å². The van der Waals surface area contributed by atoms with Crippen LogP contribution in [-0.2, 0) is 4.74 Å². The van der Waals surface area contributed by atoms with E-state index < -0.39 is 11.8 Å². The summed E-state index contributed by atoms with van der Waals surface area (Å²) in [4.78, 5) is 24.8. The largest absolute Gasteiger partial charge is 0.488 e. The summed E-state index contributed by atoms with van der Waals surface area (Å²) in [5.74, 6) is -1.13. The Morgan fingerprint density at radius 1 is 1.17 bits per heavy atom. The zero-order valence-corrected chi connectivity index (χ0v) is 16.3. The number of halogens is 1.